The lowest BCUT2D eigenvalue weighted by Crippen LogP contribution is -2.33. The number of nitrogens with one attached hydrogen (secondary N) is 1. The molecule has 0 spiro atoms. The molecule has 5 nitrogen and oxygen atoms in total. The number of aryl methyl sites for hydroxylation is 1. The van der Waals surface area contributed by atoms with Gasteiger partial charge in [0, 0.05) is 0 Å². The minimum atomic E-state index is -0.284. The van der Waals surface area contributed by atoms with Gasteiger partial charge in [-0.3, -0.25) is 4.79 Å². The molecule has 7 heteroatoms. The number of amides is 1. The van der Waals surface area contributed by atoms with Crippen molar-refractivity contribution in [1.82, 2.24) is 15.5 Å². The number of hydrogen-bond acceptors (Lipinski definition) is 5. The van der Waals surface area contributed by atoms with E-state index in [2.05, 4.69) is 15.5 Å². The van der Waals surface area contributed by atoms with Crippen molar-refractivity contribution in [2.75, 3.05) is 5.75 Å². The first-order valence-electron chi connectivity index (χ1n) is 7.37. The highest BCUT2D eigenvalue weighted by Crippen LogP contribution is 2.22. The Kier molecular flexibility index (Phi) is 6.15. The first-order chi connectivity index (χ1) is 11.0. The zero-order valence-corrected chi connectivity index (χ0v) is 14.2. The van der Waals surface area contributed by atoms with Crippen LogP contribution >= 0.6 is 11.8 Å². The topological polar surface area (TPSA) is 68.0 Å². The lowest BCUT2D eigenvalue weighted by Gasteiger charge is -2.23. The van der Waals surface area contributed by atoms with Crippen LogP contribution in [0.5, 0.6) is 0 Å². The van der Waals surface area contributed by atoms with Crippen molar-refractivity contribution < 1.29 is 13.7 Å². The number of rotatable bonds is 7. The van der Waals surface area contributed by atoms with Crippen molar-refractivity contribution >= 4 is 17.7 Å². The van der Waals surface area contributed by atoms with Crippen LogP contribution in [0.2, 0.25) is 0 Å². The van der Waals surface area contributed by atoms with Gasteiger partial charge in [0.05, 0.1) is 17.5 Å². The van der Waals surface area contributed by atoms with E-state index in [0.29, 0.717) is 23.2 Å². The maximum atomic E-state index is 13.0. The van der Waals surface area contributed by atoms with Crippen molar-refractivity contribution in [2.45, 2.75) is 32.6 Å². The molecule has 1 aromatic heterocycles. The highest BCUT2D eigenvalue weighted by molar-refractivity contribution is 7.99. The first-order valence-corrected chi connectivity index (χ1v) is 8.53. The van der Waals surface area contributed by atoms with Crippen molar-refractivity contribution in [2.24, 2.45) is 5.92 Å². The minimum absolute atomic E-state index is 0.0748. The molecule has 0 aliphatic heterocycles. The Morgan fingerprint density at radius 3 is 2.61 bits per heavy atom. The molecular formula is C16H20FN3O2S. The molecule has 1 heterocycles. The zero-order chi connectivity index (χ0) is 16.8. The quantitative estimate of drug-likeness (QED) is 0.840. The number of nitrogens with zero attached hydrogens (tertiary/aromatic N) is 2. The second-order valence-electron chi connectivity index (χ2n) is 5.57. The second kappa shape index (κ2) is 8.10. The molecule has 1 atom stereocenters. The molecule has 0 radical (unpaired) electrons. The number of carbonyl (C=O) groups excluding carboxylic acids is 1. The first kappa shape index (κ1) is 17.5. The molecule has 23 heavy (non-hydrogen) atoms. The molecule has 1 amide bonds. The summed E-state index contributed by atoms with van der Waals surface area (Å²) in [5.41, 5.74) is 0.896. The van der Waals surface area contributed by atoms with Crippen molar-refractivity contribution in [1.29, 1.82) is 0 Å². The molecule has 0 unspecified atom stereocenters. The van der Waals surface area contributed by atoms with E-state index >= 15 is 0 Å². The highest BCUT2D eigenvalue weighted by Gasteiger charge is 2.18. The van der Waals surface area contributed by atoms with Crippen LogP contribution in [0.3, 0.4) is 0 Å². The molecule has 0 bridgehead atoms. The summed E-state index contributed by atoms with van der Waals surface area (Å²) in [6, 6.07) is 6.07. The summed E-state index contributed by atoms with van der Waals surface area (Å²) in [6.45, 7) is 5.78. The van der Waals surface area contributed by atoms with E-state index in [9.17, 15) is 9.18 Å². The molecule has 0 saturated carbocycles. The normalized spacial score (nSPS) is 12.4. The number of hydrogen-bond donors (Lipinski definition) is 1. The maximum absolute atomic E-state index is 13.0. The van der Waals surface area contributed by atoms with Crippen LogP contribution in [0.15, 0.2) is 28.8 Å². The van der Waals surface area contributed by atoms with E-state index in [0.717, 1.165) is 5.56 Å². The standard InChI is InChI=1S/C16H20FN3O2S/c1-10(2)16(12-4-6-13(17)7-5-12)19-14(21)8-23-9-15-18-11(3)20-22-15/h4-7,10,16H,8-9H2,1-3H3,(H,19,21)/t16-/m1/s1. The fourth-order valence-electron chi connectivity index (χ4n) is 2.15. The lowest BCUT2D eigenvalue weighted by atomic mass is 9.96. The van der Waals surface area contributed by atoms with Crippen molar-refractivity contribution in [3.05, 3.63) is 47.4 Å². The molecule has 2 rings (SSSR count). The van der Waals surface area contributed by atoms with Gasteiger partial charge >= 0.3 is 0 Å². The Bertz CT molecular complexity index is 643. The van der Waals surface area contributed by atoms with Gasteiger partial charge in [-0.15, -0.1) is 11.8 Å². The van der Waals surface area contributed by atoms with E-state index in [1.807, 2.05) is 13.8 Å². The summed E-state index contributed by atoms with van der Waals surface area (Å²) in [4.78, 5) is 16.2. The molecular weight excluding hydrogens is 317 g/mol. The Hall–Kier alpha value is -1.89. The average molecular weight is 337 g/mol. The van der Waals surface area contributed by atoms with Gasteiger partial charge in [0.15, 0.2) is 5.82 Å². The van der Waals surface area contributed by atoms with Gasteiger partial charge < -0.3 is 9.84 Å². The highest BCUT2D eigenvalue weighted by atomic mass is 32.2. The van der Waals surface area contributed by atoms with Gasteiger partial charge in [0.2, 0.25) is 11.8 Å². The lowest BCUT2D eigenvalue weighted by molar-refractivity contribution is -0.119. The van der Waals surface area contributed by atoms with Crippen LogP contribution < -0.4 is 5.32 Å². The largest absolute Gasteiger partial charge is 0.348 e. The minimum Gasteiger partial charge on any atom is -0.348 e. The summed E-state index contributed by atoms with van der Waals surface area (Å²) in [5.74, 6) is 1.74. The van der Waals surface area contributed by atoms with Crippen LogP contribution in [0, 0.1) is 18.7 Å². The predicted octanol–water partition coefficient (Wildman–Crippen LogP) is 3.26. The number of halogens is 1. The predicted molar refractivity (Wildman–Crippen MR) is 87.3 cm³/mol. The van der Waals surface area contributed by atoms with Crippen molar-refractivity contribution in [3.63, 3.8) is 0 Å². The molecule has 0 aliphatic carbocycles. The summed E-state index contributed by atoms with van der Waals surface area (Å²) in [6.07, 6.45) is 0. The Morgan fingerprint density at radius 2 is 2.04 bits per heavy atom. The summed E-state index contributed by atoms with van der Waals surface area (Å²) < 4.78 is 18.0. The number of thioether (sulfide) groups is 1. The van der Waals surface area contributed by atoms with Crippen LogP contribution in [-0.2, 0) is 10.5 Å². The smallest absolute Gasteiger partial charge is 0.236 e. The summed E-state index contributed by atoms with van der Waals surface area (Å²) >= 11 is 1.41. The molecule has 0 aliphatic rings. The third kappa shape index (κ3) is 5.35. The summed E-state index contributed by atoms with van der Waals surface area (Å²) in [7, 11) is 0. The SMILES string of the molecule is Cc1noc(CSCC(=O)N[C@@H](c2ccc(F)cc2)C(C)C)n1. The third-order valence-electron chi connectivity index (χ3n) is 3.24. The Balaban J connectivity index is 1.86. The van der Waals surface area contributed by atoms with Crippen molar-refractivity contribution in [3.8, 4) is 0 Å². The van der Waals surface area contributed by atoms with Crippen LogP contribution in [0.4, 0.5) is 4.39 Å². The van der Waals surface area contributed by atoms with Gasteiger partial charge in [-0.25, -0.2) is 4.39 Å². The van der Waals surface area contributed by atoms with Gasteiger partial charge in [0.25, 0.3) is 0 Å². The molecule has 124 valence electrons. The number of carbonyl (C=O) groups is 1. The molecule has 1 N–H and O–H groups in total. The zero-order valence-electron chi connectivity index (χ0n) is 13.4. The van der Waals surface area contributed by atoms with Crippen LogP contribution in [-0.4, -0.2) is 21.8 Å². The Labute approximate surface area is 139 Å². The average Bonchev–Trinajstić information content (AvgIpc) is 2.91. The van der Waals surface area contributed by atoms with E-state index in [-0.39, 0.29) is 23.7 Å². The van der Waals surface area contributed by atoms with E-state index < -0.39 is 0 Å². The number of aromatic nitrogens is 2. The molecule has 1 aromatic carbocycles. The van der Waals surface area contributed by atoms with E-state index in [1.165, 1.54) is 23.9 Å². The number of benzene rings is 1. The summed E-state index contributed by atoms with van der Waals surface area (Å²) in [5, 5.41) is 6.70. The molecule has 0 fully saturated rings. The fraction of sp³-hybridized carbons (Fsp3) is 0.438. The van der Waals surface area contributed by atoms with Crippen LogP contribution in [0.25, 0.3) is 0 Å². The van der Waals surface area contributed by atoms with Gasteiger partial charge in [-0.05, 0) is 30.5 Å². The molecule has 2 aromatic rings. The second-order valence-corrected chi connectivity index (χ2v) is 6.55. The Morgan fingerprint density at radius 1 is 1.35 bits per heavy atom. The fourth-order valence-corrected chi connectivity index (χ4v) is 2.81. The van der Waals surface area contributed by atoms with Gasteiger partial charge in [-0.1, -0.05) is 31.1 Å². The van der Waals surface area contributed by atoms with E-state index in [1.54, 1.807) is 19.1 Å². The maximum Gasteiger partial charge on any atom is 0.236 e. The van der Waals surface area contributed by atoms with E-state index in [4.69, 9.17) is 4.52 Å². The van der Waals surface area contributed by atoms with Gasteiger partial charge in [0.1, 0.15) is 5.82 Å². The van der Waals surface area contributed by atoms with Gasteiger partial charge in [-0.2, -0.15) is 4.98 Å². The monoisotopic (exact) mass is 337 g/mol. The molecule has 0 saturated heterocycles. The van der Waals surface area contributed by atoms with Crippen LogP contribution in [0.1, 0.15) is 37.2 Å². The third-order valence-corrected chi connectivity index (χ3v) is 4.16.